The summed E-state index contributed by atoms with van der Waals surface area (Å²) in [6.07, 6.45) is 3.21. The maximum Gasteiger partial charge on any atom is 0.226 e. The lowest BCUT2D eigenvalue weighted by Gasteiger charge is -1.80. The molecule has 0 aliphatic rings. The average Bonchev–Trinajstić information content (AvgIpc) is 2.33. The zero-order chi connectivity index (χ0) is 6.10. The standard InChI is InChI=1S/C7H4NO/c1-2-6-3-5-9-7(6)8-4-1/h1-2,4-5H. The summed E-state index contributed by atoms with van der Waals surface area (Å²) in [7, 11) is 0. The molecule has 2 heteroatoms. The van der Waals surface area contributed by atoms with Gasteiger partial charge in [0.25, 0.3) is 0 Å². The van der Waals surface area contributed by atoms with Crippen LogP contribution in [-0.4, -0.2) is 4.98 Å². The van der Waals surface area contributed by atoms with Crippen LogP contribution in [0.3, 0.4) is 0 Å². The van der Waals surface area contributed by atoms with Gasteiger partial charge in [0.05, 0.1) is 0 Å². The quantitative estimate of drug-likeness (QED) is 0.525. The van der Waals surface area contributed by atoms with Crippen molar-refractivity contribution in [1.29, 1.82) is 0 Å². The van der Waals surface area contributed by atoms with E-state index in [1.165, 1.54) is 6.26 Å². The Labute approximate surface area is 52.1 Å². The predicted molar refractivity (Wildman–Crippen MR) is 32.8 cm³/mol. The third-order valence-electron chi connectivity index (χ3n) is 1.16. The summed E-state index contributed by atoms with van der Waals surface area (Å²) in [6, 6.07) is 6.65. The summed E-state index contributed by atoms with van der Waals surface area (Å²) in [5.41, 5.74) is 0.650. The molecule has 2 aromatic heterocycles. The van der Waals surface area contributed by atoms with E-state index in [0.717, 1.165) is 5.39 Å². The SMILES string of the molecule is [c]1coc2ncccc12. The van der Waals surface area contributed by atoms with Gasteiger partial charge in [-0.3, -0.25) is 0 Å². The fraction of sp³-hybridized carbons (Fsp3) is 0. The number of aromatic nitrogens is 1. The second-order valence-electron chi connectivity index (χ2n) is 1.74. The lowest BCUT2D eigenvalue weighted by molar-refractivity contribution is 0.602. The van der Waals surface area contributed by atoms with Crippen LogP contribution in [0.25, 0.3) is 11.1 Å². The molecule has 0 amide bonds. The first-order valence-electron chi connectivity index (χ1n) is 2.67. The lowest BCUT2D eigenvalue weighted by atomic mass is 10.4. The molecule has 2 rings (SSSR count). The van der Waals surface area contributed by atoms with Crippen molar-refractivity contribution in [3.05, 3.63) is 30.7 Å². The van der Waals surface area contributed by atoms with E-state index in [-0.39, 0.29) is 0 Å². The van der Waals surface area contributed by atoms with E-state index in [9.17, 15) is 0 Å². The van der Waals surface area contributed by atoms with Gasteiger partial charge in [0.15, 0.2) is 0 Å². The molecular formula is C7H4NO. The van der Waals surface area contributed by atoms with Crippen LogP contribution >= 0.6 is 0 Å². The maximum atomic E-state index is 4.95. The van der Waals surface area contributed by atoms with Crippen LogP contribution in [0, 0.1) is 6.07 Å². The molecule has 9 heavy (non-hydrogen) atoms. The molecule has 0 saturated heterocycles. The van der Waals surface area contributed by atoms with E-state index in [2.05, 4.69) is 11.1 Å². The average molecular weight is 118 g/mol. The molecule has 0 N–H and O–H groups in total. The van der Waals surface area contributed by atoms with Crippen LogP contribution in [0.2, 0.25) is 0 Å². The summed E-state index contributed by atoms with van der Waals surface area (Å²) < 4.78 is 4.95. The molecule has 43 valence electrons. The van der Waals surface area contributed by atoms with Gasteiger partial charge in [-0.15, -0.1) is 0 Å². The summed E-state index contributed by atoms with van der Waals surface area (Å²) >= 11 is 0. The molecule has 0 aromatic carbocycles. The normalized spacial score (nSPS) is 10.2. The number of hydrogen-bond donors (Lipinski definition) is 0. The third kappa shape index (κ3) is 0.598. The van der Waals surface area contributed by atoms with Crippen LogP contribution in [0.1, 0.15) is 0 Å². The van der Waals surface area contributed by atoms with Gasteiger partial charge in [-0.2, -0.15) is 0 Å². The van der Waals surface area contributed by atoms with Crippen LogP contribution in [0.15, 0.2) is 29.0 Å². The summed E-state index contributed by atoms with van der Waals surface area (Å²) in [4.78, 5) is 3.94. The third-order valence-corrected chi connectivity index (χ3v) is 1.16. The Kier molecular flexibility index (Phi) is 0.803. The molecule has 1 radical (unpaired) electrons. The van der Waals surface area contributed by atoms with Gasteiger partial charge >= 0.3 is 0 Å². The monoisotopic (exact) mass is 118 g/mol. The highest BCUT2D eigenvalue weighted by Gasteiger charge is 1.92. The van der Waals surface area contributed by atoms with Crippen LogP contribution < -0.4 is 0 Å². The van der Waals surface area contributed by atoms with Crippen molar-refractivity contribution in [1.82, 2.24) is 4.98 Å². The molecule has 0 atom stereocenters. The highest BCUT2D eigenvalue weighted by molar-refractivity contribution is 5.71. The molecule has 0 unspecified atom stereocenters. The molecule has 0 aliphatic carbocycles. The van der Waals surface area contributed by atoms with Gasteiger partial charge in [-0.05, 0) is 12.1 Å². The van der Waals surface area contributed by atoms with Crippen molar-refractivity contribution < 1.29 is 4.42 Å². The van der Waals surface area contributed by atoms with E-state index >= 15 is 0 Å². The van der Waals surface area contributed by atoms with Gasteiger partial charge in [-0.25, -0.2) is 4.98 Å². The smallest absolute Gasteiger partial charge is 0.226 e. The fourth-order valence-corrected chi connectivity index (χ4v) is 0.743. The minimum atomic E-state index is 0.650. The van der Waals surface area contributed by atoms with Crippen LogP contribution in [0.4, 0.5) is 0 Å². The second kappa shape index (κ2) is 1.58. The van der Waals surface area contributed by atoms with Gasteiger partial charge < -0.3 is 4.42 Å². The van der Waals surface area contributed by atoms with Gasteiger partial charge in [0.1, 0.15) is 6.26 Å². The zero-order valence-electron chi connectivity index (χ0n) is 4.66. The fourth-order valence-electron chi connectivity index (χ4n) is 0.743. The molecule has 2 nitrogen and oxygen atoms in total. The van der Waals surface area contributed by atoms with Crippen molar-refractivity contribution in [2.75, 3.05) is 0 Å². The summed E-state index contributed by atoms with van der Waals surface area (Å²) in [5, 5.41) is 0.928. The summed E-state index contributed by atoms with van der Waals surface area (Å²) in [6.45, 7) is 0. The molecule has 0 spiro atoms. The van der Waals surface area contributed by atoms with Crippen LogP contribution in [-0.2, 0) is 0 Å². The molecular weight excluding hydrogens is 114 g/mol. The largest absolute Gasteiger partial charge is 0.445 e. The lowest BCUT2D eigenvalue weighted by Crippen LogP contribution is -1.66. The zero-order valence-corrected chi connectivity index (χ0v) is 4.66. The second-order valence-corrected chi connectivity index (χ2v) is 1.74. The van der Waals surface area contributed by atoms with Crippen molar-refractivity contribution in [3.63, 3.8) is 0 Å². The first-order chi connectivity index (χ1) is 4.47. The maximum absolute atomic E-state index is 4.95. The van der Waals surface area contributed by atoms with Crippen molar-refractivity contribution >= 4 is 11.1 Å². The number of rotatable bonds is 0. The first kappa shape index (κ1) is 4.56. The van der Waals surface area contributed by atoms with E-state index in [0.29, 0.717) is 5.71 Å². The highest BCUT2D eigenvalue weighted by atomic mass is 16.3. The Hall–Kier alpha value is -1.31. The van der Waals surface area contributed by atoms with Gasteiger partial charge in [-0.1, -0.05) is 0 Å². The summed E-state index contributed by atoms with van der Waals surface area (Å²) in [5.74, 6) is 0. The molecule has 0 fully saturated rings. The van der Waals surface area contributed by atoms with E-state index in [4.69, 9.17) is 4.42 Å². The van der Waals surface area contributed by atoms with Crippen molar-refractivity contribution in [2.45, 2.75) is 0 Å². The Balaban J connectivity index is 2.95. The van der Waals surface area contributed by atoms with E-state index in [1.54, 1.807) is 6.20 Å². The number of pyridine rings is 1. The Morgan fingerprint density at radius 3 is 3.44 bits per heavy atom. The first-order valence-corrected chi connectivity index (χ1v) is 2.67. The van der Waals surface area contributed by atoms with Crippen molar-refractivity contribution in [3.8, 4) is 0 Å². The number of furan rings is 1. The molecule has 0 bridgehead atoms. The van der Waals surface area contributed by atoms with Crippen LogP contribution in [0.5, 0.6) is 0 Å². The molecule has 2 aromatic rings. The van der Waals surface area contributed by atoms with E-state index < -0.39 is 0 Å². The Morgan fingerprint density at radius 1 is 1.56 bits per heavy atom. The molecule has 0 aliphatic heterocycles. The number of fused-ring (bicyclic) bond motifs is 1. The van der Waals surface area contributed by atoms with Gasteiger partial charge in [0.2, 0.25) is 5.71 Å². The number of hydrogen-bond acceptors (Lipinski definition) is 2. The topological polar surface area (TPSA) is 26.0 Å². The predicted octanol–water partition coefficient (Wildman–Crippen LogP) is 1.63. The minimum absolute atomic E-state index is 0.650. The van der Waals surface area contributed by atoms with E-state index in [1.807, 2.05) is 12.1 Å². The van der Waals surface area contributed by atoms with Crippen molar-refractivity contribution in [2.24, 2.45) is 0 Å². The number of nitrogens with zero attached hydrogens (tertiary/aromatic N) is 1. The molecule has 0 saturated carbocycles. The Morgan fingerprint density at radius 2 is 2.56 bits per heavy atom. The minimum Gasteiger partial charge on any atom is -0.445 e. The van der Waals surface area contributed by atoms with Gasteiger partial charge in [0, 0.05) is 17.6 Å². The Bertz CT molecular complexity index is 283. The molecule has 2 heterocycles. The highest BCUT2D eigenvalue weighted by Crippen LogP contribution is 2.08.